The van der Waals surface area contributed by atoms with Crippen molar-refractivity contribution in [3.63, 3.8) is 0 Å². The molecule has 0 aliphatic rings. The van der Waals surface area contributed by atoms with Crippen LogP contribution in [0.5, 0.6) is 0 Å². The van der Waals surface area contributed by atoms with Crippen LogP contribution in [0.3, 0.4) is 0 Å². The van der Waals surface area contributed by atoms with Gasteiger partial charge < -0.3 is 4.74 Å². The van der Waals surface area contributed by atoms with Gasteiger partial charge in [-0.2, -0.15) is 0 Å². The normalized spacial score (nSPS) is 11.5. The Bertz CT molecular complexity index is 537. The Morgan fingerprint density at radius 3 is 2.61 bits per heavy atom. The first kappa shape index (κ1) is 14.8. The lowest BCUT2D eigenvalue weighted by molar-refractivity contribution is 0.101. The zero-order valence-electron chi connectivity index (χ0n) is 10.7. The van der Waals surface area contributed by atoms with Crippen molar-refractivity contribution in [3.8, 4) is 0 Å². The molecule has 0 saturated heterocycles. The molecule has 0 radical (unpaired) electrons. The third kappa shape index (κ3) is 3.63. The number of carbonyl (C=O) groups is 1. The molecule has 0 unspecified atom stereocenters. The van der Waals surface area contributed by atoms with Crippen molar-refractivity contribution in [2.45, 2.75) is 18.7 Å². The number of hydrogen-bond acceptors (Lipinski definition) is 4. The summed E-state index contributed by atoms with van der Waals surface area (Å²) in [5.74, 6) is -0.164. The van der Waals surface area contributed by atoms with Gasteiger partial charge in [-0.05, 0) is 25.5 Å². The standard InChI is InChI=1S/C12H17NO4S/c1-9-4-5-11(10(2)14)8-12(9)18(15,16)13-6-7-17-3/h4-5,8,13H,6-7H2,1-3H3. The number of benzene rings is 1. The molecule has 0 aliphatic heterocycles. The van der Waals surface area contributed by atoms with Crippen molar-refractivity contribution in [1.29, 1.82) is 0 Å². The molecule has 6 heteroatoms. The lowest BCUT2D eigenvalue weighted by Crippen LogP contribution is -2.28. The van der Waals surface area contributed by atoms with E-state index in [1.807, 2.05) is 0 Å². The molecule has 1 N–H and O–H groups in total. The van der Waals surface area contributed by atoms with Gasteiger partial charge in [-0.1, -0.05) is 12.1 Å². The fraction of sp³-hybridized carbons (Fsp3) is 0.417. The Morgan fingerprint density at radius 2 is 2.06 bits per heavy atom. The van der Waals surface area contributed by atoms with Crippen molar-refractivity contribution in [2.75, 3.05) is 20.3 Å². The van der Waals surface area contributed by atoms with Crippen LogP contribution in [0.15, 0.2) is 23.1 Å². The molecule has 100 valence electrons. The molecule has 1 aromatic carbocycles. The van der Waals surface area contributed by atoms with Crippen LogP contribution in [-0.4, -0.2) is 34.5 Å². The first-order valence-corrected chi connectivity index (χ1v) is 6.97. The fourth-order valence-corrected chi connectivity index (χ4v) is 2.75. The number of rotatable bonds is 6. The minimum Gasteiger partial charge on any atom is -0.383 e. The lowest BCUT2D eigenvalue weighted by Gasteiger charge is -2.10. The number of ketones is 1. The van der Waals surface area contributed by atoms with E-state index in [0.717, 1.165) is 0 Å². The summed E-state index contributed by atoms with van der Waals surface area (Å²) in [5.41, 5.74) is 0.984. The molecule has 0 spiro atoms. The lowest BCUT2D eigenvalue weighted by atomic mass is 10.1. The predicted molar refractivity (Wildman–Crippen MR) is 68.2 cm³/mol. The summed E-state index contributed by atoms with van der Waals surface area (Å²) < 4.78 is 31.3. The van der Waals surface area contributed by atoms with Gasteiger partial charge in [0.1, 0.15) is 0 Å². The number of sulfonamides is 1. The summed E-state index contributed by atoms with van der Waals surface area (Å²) in [5, 5.41) is 0. The van der Waals surface area contributed by atoms with Gasteiger partial charge in [-0.15, -0.1) is 0 Å². The highest BCUT2D eigenvalue weighted by atomic mass is 32.2. The van der Waals surface area contributed by atoms with E-state index >= 15 is 0 Å². The Labute approximate surface area is 107 Å². The molecule has 5 nitrogen and oxygen atoms in total. The summed E-state index contributed by atoms with van der Waals surface area (Å²) in [6, 6.07) is 4.64. The molecule has 0 bridgehead atoms. The average molecular weight is 271 g/mol. The van der Waals surface area contributed by atoms with Crippen molar-refractivity contribution in [1.82, 2.24) is 4.72 Å². The largest absolute Gasteiger partial charge is 0.383 e. The van der Waals surface area contributed by atoms with Crippen LogP contribution in [0, 0.1) is 6.92 Å². The average Bonchev–Trinajstić information content (AvgIpc) is 2.29. The van der Waals surface area contributed by atoms with E-state index in [9.17, 15) is 13.2 Å². The first-order chi connectivity index (χ1) is 8.38. The smallest absolute Gasteiger partial charge is 0.240 e. The minimum absolute atomic E-state index is 0.131. The van der Waals surface area contributed by atoms with Crippen LogP contribution < -0.4 is 4.72 Å². The van der Waals surface area contributed by atoms with Crippen molar-refractivity contribution in [3.05, 3.63) is 29.3 Å². The van der Waals surface area contributed by atoms with E-state index in [4.69, 9.17) is 4.74 Å². The molecule has 0 aliphatic carbocycles. The maximum absolute atomic E-state index is 12.0. The van der Waals surface area contributed by atoms with E-state index in [2.05, 4.69) is 4.72 Å². The van der Waals surface area contributed by atoms with E-state index in [1.165, 1.54) is 20.1 Å². The third-order valence-electron chi connectivity index (χ3n) is 2.48. The summed E-state index contributed by atoms with van der Waals surface area (Å²) in [6.07, 6.45) is 0. The van der Waals surface area contributed by atoms with Crippen LogP contribution in [0.25, 0.3) is 0 Å². The highest BCUT2D eigenvalue weighted by Gasteiger charge is 2.17. The molecule has 0 aromatic heterocycles. The van der Waals surface area contributed by atoms with Crippen LogP contribution in [0.4, 0.5) is 0 Å². The highest BCUT2D eigenvalue weighted by Crippen LogP contribution is 2.17. The zero-order valence-corrected chi connectivity index (χ0v) is 11.5. The fourth-order valence-electron chi connectivity index (χ4n) is 1.46. The number of nitrogens with one attached hydrogen (secondary N) is 1. The van der Waals surface area contributed by atoms with Gasteiger partial charge in [0.2, 0.25) is 10.0 Å². The monoisotopic (exact) mass is 271 g/mol. The maximum Gasteiger partial charge on any atom is 0.240 e. The van der Waals surface area contributed by atoms with Crippen molar-refractivity contribution < 1.29 is 17.9 Å². The number of hydrogen-bond donors (Lipinski definition) is 1. The van der Waals surface area contributed by atoms with E-state index < -0.39 is 10.0 Å². The molecule has 1 rings (SSSR count). The van der Waals surface area contributed by atoms with Gasteiger partial charge >= 0.3 is 0 Å². The minimum atomic E-state index is -3.60. The quantitative estimate of drug-likeness (QED) is 0.621. The Balaban J connectivity index is 3.07. The van der Waals surface area contributed by atoms with E-state index in [1.54, 1.807) is 19.1 Å². The van der Waals surface area contributed by atoms with Crippen LogP contribution >= 0.6 is 0 Å². The number of methoxy groups -OCH3 is 1. The van der Waals surface area contributed by atoms with Crippen LogP contribution in [-0.2, 0) is 14.8 Å². The molecule has 1 aromatic rings. The van der Waals surface area contributed by atoms with Crippen molar-refractivity contribution in [2.24, 2.45) is 0 Å². The molecule has 0 heterocycles. The second-order valence-electron chi connectivity index (χ2n) is 3.93. The SMILES string of the molecule is COCCNS(=O)(=O)c1cc(C(C)=O)ccc1C. The van der Waals surface area contributed by atoms with Gasteiger partial charge in [0, 0.05) is 19.2 Å². The molecule has 0 fully saturated rings. The predicted octanol–water partition coefficient (Wildman–Crippen LogP) is 1.12. The number of ether oxygens (including phenoxy) is 1. The Morgan fingerprint density at radius 1 is 1.39 bits per heavy atom. The number of Topliss-reactive ketones (excluding diaryl/α,β-unsaturated/α-hetero) is 1. The molecular formula is C12H17NO4S. The second kappa shape index (κ2) is 6.08. The van der Waals surface area contributed by atoms with E-state index in [-0.39, 0.29) is 17.2 Å². The second-order valence-corrected chi connectivity index (χ2v) is 5.66. The molecule has 0 saturated carbocycles. The van der Waals surface area contributed by atoms with Gasteiger partial charge in [-0.25, -0.2) is 13.1 Å². The highest BCUT2D eigenvalue weighted by molar-refractivity contribution is 7.89. The van der Waals surface area contributed by atoms with Crippen LogP contribution in [0.2, 0.25) is 0 Å². The van der Waals surface area contributed by atoms with Gasteiger partial charge in [-0.3, -0.25) is 4.79 Å². The van der Waals surface area contributed by atoms with E-state index in [0.29, 0.717) is 17.7 Å². The number of carbonyl (C=O) groups excluding carboxylic acids is 1. The first-order valence-electron chi connectivity index (χ1n) is 5.48. The zero-order chi connectivity index (χ0) is 13.8. The summed E-state index contributed by atoms with van der Waals surface area (Å²) in [7, 11) is -2.11. The summed E-state index contributed by atoms with van der Waals surface area (Å²) in [6.45, 7) is 3.58. The number of aryl methyl sites for hydroxylation is 1. The summed E-state index contributed by atoms with van der Waals surface area (Å²) in [4.78, 5) is 11.4. The van der Waals surface area contributed by atoms with Gasteiger partial charge in [0.15, 0.2) is 5.78 Å². The Kier molecular flexibility index (Phi) is 5.01. The van der Waals surface area contributed by atoms with Gasteiger partial charge in [0.25, 0.3) is 0 Å². The van der Waals surface area contributed by atoms with Crippen molar-refractivity contribution >= 4 is 15.8 Å². The third-order valence-corrected chi connectivity index (χ3v) is 4.09. The topological polar surface area (TPSA) is 72.5 Å². The maximum atomic E-state index is 12.0. The molecule has 0 amide bonds. The van der Waals surface area contributed by atoms with Gasteiger partial charge in [0.05, 0.1) is 11.5 Å². The molecular weight excluding hydrogens is 254 g/mol. The van der Waals surface area contributed by atoms with Crippen LogP contribution in [0.1, 0.15) is 22.8 Å². The Hall–Kier alpha value is -1.24. The summed E-state index contributed by atoms with van der Waals surface area (Å²) >= 11 is 0. The molecule has 18 heavy (non-hydrogen) atoms. The molecule has 0 atom stereocenters.